The van der Waals surface area contributed by atoms with E-state index in [-0.39, 0.29) is 16.4 Å². The number of carbonyl (C=O) groups excluding carboxylic acids is 1. The fraction of sp³-hybridized carbons (Fsp3) is 0.286. The van der Waals surface area contributed by atoms with E-state index >= 15 is 0 Å². The molecular weight excluding hydrogens is 356 g/mol. The number of benzene rings is 2. The number of fused-ring (bicyclic) bond motifs is 1. The molecule has 0 bridgehead atoms. The first-order chi connectivity index (χ1) is 13.5. The lowest BCUT2D eigenvalue weighted by Crippen LogP contribution is -2.48. The monoisotopic (exact) mass is 378 g/mol. The van der Waals surface area contributed by atoms with Crippen molar-refractivity contribution in [3.63, 3.8) is 0 Å². The van der Waals surface area contributed by atoms with Crippen molar-refractivity contribution in [1.82, 2.24) is 9.88 Å². The minimum absolute atomic E-state index is 0.0990. The number of rotatable bonds is 5. The second-order valence-electron chi connectivity index (χ2n) is 7.21. The molecule has 1 aliphatic rings. The number of hydrogen-bond donors (Lipinski definition) is 1. The van der Waals surface area contributed by atoms with E-state index in [0.717, 1.165) is 53.9 Å². The molecule has 1 saturated heterocycles. The van der Waals surface area contributed by atoms with Gasteiger partial charge in [0.1, 0.15) is 0 Å². The van der Waals surface area contributed by atoms with Gasteiger partial charge in [0, 0.05) is 66.7 Å². The molecule has 1 fully saturated rings. The van der Waals surface area contributed by atoms with E-state index in [2.05, 4.69) is 14.8 Å². The van der Waals surface area contributed by atoms with Crippen LogP contribution in [0, 0.1) is 17.0 Å². The molecule has 0 amide bonds. The number of ketones is 1. The lowest BCUT2D eigenvalue weighted by molar-refractivity contribution is -0.384. The number of non-ortho nitro benzene ring substituents is 1. The Morgan fingerprint density at radius 2 is 1.82 bits per heavy atom. The first-order valence-electron chi connectivity index (χ1n) is 9.34. The van der Waals surface area contributed by atoms with Crippen molar-refractivity contribution in [3.8, 4) is 0 Å². The molecule has 1 aromatic heterocycles. The quantitative estimate of drug-likeness (QED) is 0.418. The number of hydrogen-bond acceptors (Lipinski definition) is 5. The molecule has 1 N–H and O–H groups in total. The maximum absolute atomic E-state index is 12.8. The van der Waals surface area contributed by atoms with Gasteiger partial charge in [0.05, 0.1) is 11.5 Å². The highest BCUT2D eigenvalue weighted by Gasteiger charge is 2.21. The maximum atomic E-state index is 12.8. The summed E-state index contributed by atoms with van der Waals surface area (Å²) in [5, 5.41) is 11.8. The van der Waals surface area contributed by atoms with Crippen molar-refractivity contribution in [2.24, 2.45) is 0 Å². The number of aryl methyl sites for hydroxylation is 1. The third kappa shape index (κ3) is 3.61. The third-order valence-electron chi connectivity index (χ3n) is 5.30. The number of aromatic nitrogens is 1. The second-order valence-corrected chi connectivity index (χ2v) is 7.21. The zero-order chi connectivity index (χ0) is 19.7. The summed E-state index contributed by atoms with van der Waals surface area (Å²) in [6, 6.07) is 12.7. The lowest BCUT2D eigenvalue weighted by atomic mass is 10.1. The Labute approximate surface area is 162 Å². The molecule has 0 unspecified atom stereocenters. The number of Topliss-reactive ketones (excluding diaryl/α,β-unsaturated/α-hetero) is 1. The van der Waals surface area contributed by atoms with Crippen LogP contribution in [-0.4, -0.2) is 53.3 Å². The number of H-pyrrole nitrogens is 1. The molecule has 1 aliphatic heterocycles. The number of carbonyl (C=O) groups is 1. The predicted molar refractivity (Wildman–Crippen MR) is 109 cm³/mol. The Hall–Kier alpha value is -3.19. The van der Waals surface area contributed by atoms with E-state index in [1.54, 1.807) is 18.3 Å². The van der Waals surface area contributed by atoms with Crippen molar-refractivity contribution in [3.05, 3.63) is 69.9 Å². The summed E-state index contributed by atoms with van der Waals surface area (Å²) in [7, 11) is 0. The summed E-state index contributed by atoms with van der Waals surface area (Å²) < 4.78 is 0. The van der Waals surface area contributed by atoms with Crippen molar-refractivity contribution in [1.29, 1.82) is 0 Å². The van der Waals surface area contributed by atoms with Gasteiger partial charge < -0.3 is 9.88 Å². The molecule has 28 heavy (non-hydrogen) atoms. The van der Waals surface area contributed by atoms with Gasteiger partial charge in [-0.3, -0.25) is 19.8 Å². The molecule has 4 rings (SSSR count). The third-order valence-corrected chi connectivity index (χ3v) is 5.30. The van der Waals surface area contributed by atoms with Gasteiger partial charge in [-0.15, -0.1) is 0 Å². The predicted octanol–water partition coefficient (Wildman–Crippen LogP) is 3.39. The van der Waals surface area contributed by atoms with Gasteiger partial charge >= 0.3 is 0 Å². The smallest absolute Gasteiger partial charge is 0.269 e. The lowest BCUT2D eigenvalue weighted by Gasteiger charge is -2.35. The maximum Gasteiger partial charge on any atom is 0.269 e. The fourth-order valence-electron chi connectivity index (χ4n) is 3.70. The second kappa shape index (κ2) is 7.44. The molecule has 3 aromatic rings. The number of piperazine rings is 1. The van der Waals surface area contributed by atoms with Gasteiger partial charge in [-0.1, -0.05) is 11.6 Å². The highest BCUT2D eigenvalue weighted by Crippen LogP contribution is 2.22. The van der Waals surface area contributed by atoms with Crippen LogP contribution < -0.4 is 4.90 Å². The van der Waals surface area contributed by atoms with Crippen molar-refractivity contribution < 1.29 is 9.72 Å². The number of anilines is 1. The van der Waals surface area contributed by atoms with Crippen molar-refractivity contribution in [2.75, 3.05) is 37.6 Å². The van der Waals surface area contributed by atoms with Gasteiger partial charge in [0.15, 0.2) is 5.78 Å². The van der Waals surface area contributed by atoms with Gasteiger partial charge in [-0.05, 0) is 31.2 Å². The van der Waals surface area contributed by atoms with E-state index in [1.165, 1.54) is 12.1 Å². The largest absolute Gasteiger partial charge is 0.369 e. The number of aromatic amines is 1. The zero-order valence-electron chi connectivity index (χ0n) is 15.7. The van der Waals surface area contributed by atoms with Crippen molar-refractivity contribution >= 4 is 28.1 Å². The molecule has 0 radical (unpaired) electrons. The van der Waals surface area contributed by atoms with Gasteiger partial charge in [0.2, 0.25) is 0 Å². The first-order valence-corrected chi connectivity index (χ1v) is 9.34. The van der Waals surface area contributed by atoms with E-state index in [9.17, 15) is 14.9 Å². The summed E-state index contributed by atoms with van der Waals surface area (Å²) in [6.07, 6.45) is 1.81. The van der Waals surface area contributed by atoms with Crippen LogP contribution in [0.1, 0.15) is 15.9 Å². The Morgan fingerprint density at radius 3 is 2.50 bits per heavy atom. The Balaban J connectivity index is 1.38. The van der Waals surface area contributed by atoms with Gasteiger partial charge in [-0.2, -0.15) is 0 Å². The van der Waals surface area contributed by atoms with Crippen molar-refractivity contribution in [2.45, 2.75) is 6.92 Å². The summed E-state index contributed by atoms with van der Waals surface area (Å²) in [4.78, 5) is 30.7. The number of nitrogens with zero attached hydrogens (tertiary/aromatic N) is 3. The number of nitro benzene ring substituents is 1. The Bertz CT molecular complexity index is 1020. The normalized spacial score (nSPS) is 15.1. The molecule has 7 nitrogen and oxygen atoms in total. The minimum Gasteiger partial charge on any atom is -0.369 e. The summed E-state index contributed by atoms with van der Waals surface area (Å²) in [6.45, 7) is 5.57. The van der Waals surface area contributed by atoms with Crippen LogP contribution in [0.2, 0.25) is 0 Å². The highest BCUT2D eigenvalue weighted by molar-refractivity contribution is 6.08. The molecule has 0 saturated carbocycles. The van der Waals surface area contributed by atoms with Crippen LogP contribution in [0.4, 0.5) is 11.4 Å². The zero-order valence-corrected chi connectivity index (χ0v) is 15.7. The Morgan fingerprint density at radius 1 is 1.11 bits per heavy atom. The molecule has 0 aliphatic carbocycles. The topological polar surface area (TPSA) is 82.5 Å². The van der Waals surface area contributed by atoms with Crippen LogP contribution in [-0.2, 0) is 0 Å². The molecule has 0 atom stereocenters. The summed E-state index contributed by atoms with van der Waals surface area (Å²) >= 11 is 0. The SMILES string of the molecule is Cc1ccc2[nH]cc(C(=O)CN3CCN(c4ccc([N+](=O)[O-])cc4)CC3)c2c1. The van der Waals surface area contributed by atoms with Gasteiger partial charge in [0.25, 0.3) is 5.69 Å². The molecule has 2 heterocycles. The van der Waals surface area contributed by atoms with E-state index in [1.807, 2.05) is 25.1 Å². The number of nitro groups is 1. The summed E-state index contributed by atoms with van der Waals surface area (Å²) in [5.41, 5.74) is 3.94. The molecular formula is C21H22N4O3. The minimum atomic E-state index is -0.389. The first kappa shape index (κ1) is 18.2. The van der Waals surface area contributed by atoms with E-state index in [4.69, 9.17) is 0 Å². The molecule has 0 spiro atoms. The standard InChI is InChI=1S/C21H22N4O3/c1-15-2-7-20-18(12-15)19(13-22-20)21(26)14-23-8-10-24(11-9-23)16-3-5-17(6-4-16)25(27)28/h2-7,12-13,22H,8-11,14H2,1H3. The highest BCUT2D eigenvalue weighted by atomic mass is 16.6. The van der Waals surface area contributed by atoms with Crippen LogP contribution >= 0.6 is 0 Å². The van der Waals surface area contributed by atoms with Crippen LogP contribution in [0.25, 0.3) is 10.9 Å². The van der Waals surface area contributed by atoms with E-state index < -0.39 is 0 Å². The molecule has 7 heteroatoms. The van der Waals surface area contributed by atoms with E-state index in [0.29, 0.717) is 6.54 Å². The van der Waals surface area contributed by atoms with Crippen LogP contribution in [0.3, 0.4) is 0 Å². The fourth-order valence-corrected chi connectivity index (χ4v) is 3.70. The molecule has 2 aromatic carbocycles. The van der Waals surface area contributed by atoms with Crippen LogP contribution in [0.15, 0.2) is 48.7 Å². The van der Waals surface area contributed by atoms with Gasteiger partial charge in [-0.25, -0.2) is 0 Å². The summed E-state index contributed by atoms with van der Waals surface area (Å²) in [5.74, 6) is 0.126. The average Bonchev–Trinajstić information content (AvgIpc) is 3.12. The number of nitrogens with one attached hydrogen (secondary N) is 1. The molecule has 144 valence electrons. The Kier molecular flexibility index (Phi) is 4.83. The average molecular weight is 378 g/mol. The van der Waals surface area contributed by atoms with Crippen LogP contribution in [0.5, 0.6) is 0 Å².